The number of hydrogen-bond donors (Lipinski definition) is 0. The highest BCUT2D eigenvalue weighted by Crippen LogP contribution is 2.28. The van der Waals surface area contributed by atoms with E-state index in [1.54, 1.807) is 6.29 Å². The van der Waals surface area contributed by atoms with E-state index in [1.807, 2.05) is 0 Å². The van der Waals surface area contributed by atoms with Crippen LogP contribution >= 0.6 is 11.6 Å². The SMILES string of the molecule is O=[C]CC=Cc1ccc(OC(F)(F)F)cc1Cl. The van der Waals surface area contributed by atoms with Crippen molar-refractivity contribution in [3.8, 4) is 5.75 Å². The van der Waals surface area contributed by atoms with Gasteiger partial charge in [0.2, 0.25) is 6.29 Å². The van der Waals surface area contributed by atoms with Crippen LogP contribution in [0.4, 0.5) is 13.2 Å². The summed E-state index contributed by atoms with van der Waals surface area (Å²) in [5, 5.41) is 0.105. The molecule has 0 heterocycles. The molecule has 2 nitrogen and oxygen atoms in total. The fourth-order valence-corrected chi connectivity index (χ4v) is 1.31. The standard InChI is InChI=1S/C11H7ClF3O2/c12-10-7-9(17-11(13,14)15)5-4-8(10)3-1-2-6-16/h1,3-5,7H,2H2. The molecule has 0 aliphatic rings. The molecule has 1 aromatic carbocycles. The number of alkyl halides is 3. The van der Waals surface area contributed by atoms with E-state index in [2.05, 4.69) is 4.74 Å². The van der Waals surface area contributed by atoms with Gasteiger partial charge in [0, 0.05) is 6.42 Å². The lowest BCUT2D eigenvalue weighted by Crippen LogP contribution is -2.17. The molecule has 0 aliphatic carbocycles. The van der Waals surface area contributed by atoms with Gasteiger partial charge in [0.15, 0.2) is 0 Å². The molecule has 0 aliphatic heterocycles. The Morgan fingerprint density at radius 3 is 2.65 bits per heavy atom. The summed E-state index contributed by atoms with van der Waals surface area (Å²) in [5.74, 6) is -0.387. The molecular weight excluding hydrogens is 257 g/mol. The first kappa shape index (κ1) is 13.6. The Morgan fingerprint density at radius 1 is 1.41 bits per heavy atom. The molecule has 0 spiro atoms. The lowest BCUT2D eigenvalue weighted by atomic mass is 10.2. The number of carbonyl (C=O) groups excluding carboxylic acids is 1. The largest absolute Gasteiger partial charge is 0.573 e. The second-order valence-corrected chi connectivity index (χ2v) is 3.39. The van der Waals surface area contributed by atoms with Crippen LogP contribution in [0.3, 0.4) is 0 Å². The molecular formula is C11H7ClF3O2. The minimum atomic E-state index is -4.74. The molecule has 0 atom stereocenters. The summed E-state index contributed by atoms with van der Waals surface area (Å²) in [6, 6.07) is 3.56. The molecule has 0 aromatic heterocycles. The fourth-order valence-electron chi connectivity index (χ4n) is 1.07. The van der Waals surface area contributed by atoms with Gasteiger partial charge in [-0.1, -0.05) is 23.8 Å². The molecule has 0 saturated heterocycles. The minimum absolute atomic E-state index is 0.0944. The highest BCUT2D eigenvalue weighted by Gasteiger charge is 2.31. The maximum Gasteiger partial charge on any atom is 0.573 e. The van der Waals surface area contributed by atoms with Gasteiger partial charge in [-0.25, -0.2) is 0 Å². The van der Waals surface area contributed by atoms with E-state index < -0.39 is 6.36 Å². The van der Waals surface area contributed by atoms with Crippen molar-refractivity contribution in [2.24, 2.45) is 0 Å². The highest BCUT2D eigenvalue weighted by molar-refractivity contribution is 6.32. The van der Waals surface area contributed by atoms with Gasteiger partial charge in [0.25, 0.3) is 0 Å². The summed E-state index contributed by atoms with van der Waals surface area (Å²) in [6.45, 7) is 0. The highest BCUT2D eigenvalue weighted by atomic mass is 35.5. The lowest BCUT2D eigenvalue weighted by molar-refractivity contribution is -0.274. The van der Waals surface area contributed by atoms with Crippen LogP contribution in [0.25, 0.3) is 6.08 Å². The summed E-state index contributed by atoms with van der Waals surface area (Å²) >= 11 is 5.74. The second-order valence-electron chi connectivity index (χ2n) is 2.98. The molecule has 0 saturated carbocycles. The molecule has 0 N–H and O–H groups in total. The Kier molecular flexibility index (Phi) is 4.57. The van der Waals surface area contributed by atoms with Crippen molar-refractivity contribution in [1.82, 2.24) is 0 Å². The van der Waals surface area contributed by atoms with E-state index >= 15 is 0 Å². The van der Waals surface area contributed by atoms with Crippen LogP contribution in [0.5, 0.6) is 5.75 Å². The molecule has 0 amide bonds. The van der Waals surface area contributed by atoms with Crippen LogP contribution in [0, 0.1) is 0 Å². The van der Waals surface area contributed by atoms with Crippen molar-refractivity contribution < 1.29 is 22.7 Å². The first-order valence-electron chi connectivity index (χ1n) is 4.49. The monoisotopic (exact) mass is 263 g/mol. The van der Waals surface area contributed by atoms with Crippen LogP contribution in [0.15, 0.2) is 24.3 Å². The Bertz CT molecular complexity index is 427. The third-order valence-electron chi connectivity index (χ3n) is 1.70. The van der Waals surface area contributed by atoms with Crippen LogP contribution in [0.1, 0.15) is 12.0 Å². The maximum absolute atomic E-state index is 11.9. The zero-order valence-corrected chi connectivity index (χ0v) is 9.18. The van der Waals surface area contributed by atoms with E-state index in [4.69, 9.17) is 11.6 Å². The van der Waals surface area contributed by atoms with Crippen molar-refractivity contribution in [1.29, 1.82) is 0 Å². The van der Waals surface area contributed by atoms with Gasteiger partial charge in [-0.2, -0.15) is 0 Å². The number of hydrogen-bond acceptors (Lipinski definition) is 2. The normalized spacial score (nSPS) is 11.8. The Morgan fingerprint density at radius 2 is 2.12 bits per heavy atom. The van der Waals surface area contributed by atoms with Crippen LogP contribution in [-0.4, -0.2) is 12.6 Å². The average Bonchev–Trinajstić information content (AvgIpc) is 2.19. The number of allylic oxidation sites excluding steroid dienone is 1. The summed E-state index contributed by atoms with van der Waals surface area (Å²) in [6.07, 6.45) is 0.0150. The topological polar surface area (TPSA) is 26.3 Å². The van der Waals surface area contributed by atoms with E-state index in [9.17, 15) is 18.0 Å². The number of rotatable bonds is 4. The van der Waals surface area contributed by atoms with Crippen molar-refractivity contribution in [3.63, 3.8) is 0 Å². The molecule has 6 heteroatoms. The van der Waals surface area contributed by atoms with Gasteiger partial charge in [0.05, 0.1) is 5.02 Å². The van der Waals surface area contributed by atoms with E-state index in [-0.39, 0.29) is 17.2 Å². The summed E-state index contributed by atoms with van der Waals surface area (Å²) in [4.78, 5) is 9.94. The smallest absolute Gasteiger partial charge is 0.406 e. The Balaban J connectivity index is 2.82. The van der Waals surface area contributed by atoms with Gasteiger partial charge < -0.3 is 4.74 Å². The van der Waals surface area contributed by atoms with E-state index in [0.29, 0.717) is 5.56 Å². The second kappa shape index (κ2) is 5.72. The molecule has 0 fully saturated rings. The third-order valence-corrected chi connectivity index (χ3v) is 2.03. The molecule has 0 unspecified atom stereocenters. The third kappa shape index (κ3) is 4.91. The molecule has 1 rings (SSSR count). The van der Waals surface area contributed by atoms with Gasteiger partial charge in [0.1, 0.15) is 5.75 Å². The first-order chi connectivity index (χ1) is 7.92. The Hall–Kier alpha value is -1.49. The minimum Gasteiger partial charge on any atom is -0.406 e. The van der Waals surface area contributed by atoms with Crippen molar-refractivity contribution >= 4 is 24.0 Å². The number of ether oxygens (including phenoxy) is 1. The molecule has 17 heavy (non-hydrogen) atoms. The predicted octanol–water partition coefficient (Wildman–Crippen LogP) is 3.75. The van der Waals surface area contributed by atoms with Gasteiger partial charge in [-0.3, -0.25) is 4.79 Å². The average molecular weight is 264 g/mol. The molecule has 91 valence electrons. The Labute approximate surface area is 101 Å². The number of benzene rings is 1. The fraction of sp³-hybridized carbons (Fsp3) is 0.182. The maximum atomic E-state index is 11.9. The van der Waals surface area contributed by atoms with Crippen LogP contribution in [-0.2, 0) is 4.79 Å². The van der Waals surface area contributed by atoms with Crippen LogP contribution in [0.2, 0.25) is 5.02 Å². The van der Waals surface area contributed by atoms with Gasteiger partial charge in [-0.05, 0) is 23.8 Å². The van der Waals surface area contributed by atoms with Crippen molar-refractivity contribution in [3.05, 3.63) is 34.9 Å². The lowest BCUT2D eigenvalue weighted by Gasteiger charge is -2.09. The van der Waals surface area contributed by atoms with E-state index in [0.717, 1.165) is 12.1 Å². The summed E-state index contributed by atoms with van der Waals surface area (Å²) in [5.41, 5.74) is 0.497. The molecule has 0 bridgehead atoms. The number of halogens is 4. The molecule has 1 radical (unpaired) electrons. The first-order valence-corrected chi connectivity index (χ1v) is 4.87. The van der Waals surface area contributed by atoms with Gasteiger partial charge >= 0.3 is 6.36 Å². The molecule has 1 aromatic rings. The summed E-state index contributed by atoms with van der Waals surface area (Å²) < 4.78 is 39.4. The van der Waals surface area contributed by atoms with Gasteiger partial charge in [-0.15, -0.1) is 13.2 Å². The summed E-state index contributed by atoms with van der Waals surface area (Å²) in [7, 11) is 0. The van der Waals surface area contributed by atoms with Crippen molar-refractivity contribution in [2.45, 2.75) is 12.8 Å². The van der Waals surface area contributed by atoms with E-state index in [1.165, 1.54) is 18.2 Å². The predicted molar refractivity (Wildman–Crippen MR) is 57.5 cm³/mol. The van der Waals surface area contributed by atoms with Crippen LogP contribution < -0.4 is 4.74 Å². The zero-order chi connectivity index (χ0) is 12.9. The quantitative estimate of drug-likeness (QED) is 0.827. The zero-order valence-electron chi connectivity index (χ0n) is 8.42. The van der Waals surface area contributed by atoms with Crippen molar-refractivity contribution in [2.75, 3.05) is 0 Å².